The molecule has 4 aromatic rings. The maximum absolute atomic E-state index is 12.6. The topological polar surface area (TPSA) is 112 Å². The number of hydrogen-bond acceptors (Lipinski definition) is 7. The predicted octanol–water partition coefficient (Wildman–Crippen LogP) is 6.83. The van der Waals surface area contributed by atoms with Gasteiger partial charge in [0.1, 0.15) is 13.2 Å². The number of hydrogen-bond donors (Lipinski definition) is 1. The van der Waals surface area contributed by atoms with Gasteiger partial charge in [-0.25, -0.2) is 5.43 Å². The number of nitrogens with zero attached hydrogens (tertiary/aromatic N) is 2. The van der Waals surface area contributed by atoms with Crippen LogP contribution in [0.2, 0.25) is 10.0 Å². The first kappa shape index (κ1) is 28.4. The van der Waals surface area contributed by atoms with E-state index in [1.807, 2.05) is 30.3 Å². The molecule has 0 aromatic heterocycles. The Bertz CT molecular complexity index is 1510. The minimum atomic E-state index is -0.475. The Balaban J connectivity index is 1.35. The molecule has 11 heteroatoms. The lowest BCUT2D eigenvalue weighted by Gasteiger charge is -2.12. The van der Waals surface area contributed by atoms with Crippen LogP contribution in [0.1, 0.15) is 27.0 Å². The molecule has 4 rings (SSSR count). The van der Waals surface area contributed by atoms with Gasteiger partial charge < -0.3 is 14.2 Å². The molecule has 0 heterocycles. The zero-order valence-electron chi connectivity index (χ0n) is 21.2. The molecule has 4 aromatic carbocycles. The van der Waals surface area contributed by atoms with Gasteiger partial charge in [-0.15, -0.1) is 0 Å². The van der Waals surface area contributed by atoms with Crippen molar-refractivity contribution >= 4 is 41.0 Å². The molecule has 0 aliphatic carbocycles. The molecular weight excluding hydrogens is 557 g/mol. The van der Waals surface area contributed by atoms with Crippen LogP contribution in [0, 0.1) is 10.1 Å². The van der Waals surface area contributed by atoms with Gasteiger partial charge in [0, 0.05) is 17.7 Å². The van der Waals surface area contributed by atoms with Crippen LogP contribution < -0.4 is 19.6 Å². The molecule has 1 N–H and O–H groups in total. The monoisotopic (exact) mass is 579 g/mol. The normalized spacial score (nSPS) is 10.8. The molecule has 0 bridgehead atoms. The van der Waals surface area contributed by atoms with E-state index in [0.717, 1.165) is 5.56 Å². The van der Waals surface area contributed by atoms with E-state index in [0.29, 0.717) is 34.8 Å². The maximum Gasteiger partial charge on any atom is 0.271 e. The fourth-order valence-electron chi connectivity index (χ4n) is 3.55. The smallest absolute Gasteiger partial charge is 0.271 e. The van der Waals surface area contributed by atoms with Crippen LogP contribution in [0.5, 0.6) is 17.2 Å². The first-order chi connectivity index (χ1) is 19.3. The number of nitro benzene ring substituents is 1. The Morgan fingerprint density at radius 2 is 1.55 bits per heavy atom. The number of ether oxygens (including phenoxy) is 3. The maximum atomic E-state index is 12.6. The molecule has 204 valence electrons. The highest BCUT2D eigenvalue weighted by Crippen LogP contribution is 2.34. The number of carbonyl (C=O) groups excluding carboxylic acids is 1. The zero-order chi connectivity index (χ0) is 28.5. The van der Waals surface area contributed by atoms with Crippen LogP contribution in [0.3, 0.4) is 0 Å². The van der Waals surface area contributed by atoms with Crippen molar-refractivity contribution in [3.63, 3.8) is 0 Å². The first-order valence-electron chi connectivity index (χ1n) is 11.9. The minimum Gasteiger partial charge on any atom is -0.493 e. The Morgan fingerprint density at radius 1 is 0.900 bits per heavy atom. The number of amides is 1. The van der Waals surface area contributed by atoms with Crippen molar-refractivity contribution < 1.29 is 23.9 Å². The molecule has 0 aliphatic heterocycles. The van der Waals surface area contributed by atoms with E-state index in [-0.39, 0.29) is 28.1 Å². The number of hydrazone groups is 1. The van der Waals surface area contributed by atoms with Crippen LogP contribution >= 0.6 is 23.2 Å². The van der Waals surface area contributed by atoms with E-state index in [4.69, 9.17) is 37.4 Å². The van der Waals surface area contributed by atoms with Gasteiger partial charge >= 0.3 is 0 Å². The molecule has 0 saturated carbocycles. The van der Waals surface area contributed by atoms with Gasteiger partial charge in [-0.3, -0.25) is 14.9 Å². The molecule has 0 fully saturated rings. The van der Waals surface area contributed by atoms with E-state index >= 15 is 0 Å². The number of carbonyl (C=O) groups is 1. The zero-order valence-corrected chi connectivity index (χ0v) is 22.7. The average molecular weight is 580 g/mol. The van der Waals surface area contributed by atoms with Gasteiger partial charge in [0.2, 0.25) is 0 Å². The lowest BCUT2D eigenvalue weighted by Crippen LogP contribution is -2.17. The molecule has 0 aliphatic rings. The quantitative estimate of drug-likeness (QED) is 0.118. The van der Waals surface area contributed by atoms with Crippen molar-refractivity contribution in [3.05, 3.63) is 127 Å². The highest BCUT2D eigenvalue weighted by molar-refractivity contribution is 6.37. The summed E-state index contributed by atoms with van der Waals surface area (Å²) in [5, 5.41) is 15.3. The van der Waals surface area contributed by atoms with E-state index in [1.54, 1.807) is 42.5 Å². The second kappa shape index (κ2) is 13.5. The molecule has 0 saturated heterocycles. The predicted molar refractivity (Wildman–Crippen MR) is 153 cm³/mol. The number of non-ortho nitro benzene ring substituents is 1. The van der Waals surface area contributed by atoms with Gasteiger partial charge in [0.05, 0.1) is 28.3 Å². The summed E-state index contributed by atoms with van der Waals surface area (Å²) in [6.07, 6.45) is 1.39. The van der Waals surface area contributed by atoms with Gasteiger partial charge in [0.15, 0.2) is 17.2 Å². The molecule has 1 amide bonds. The lowest BCUT2D eigenvalue weighted by atomic mass is 10.2. The third-order valence-corrected chi connectivity index (χ3v) is 6.16. The Kier molecular flexibility index (Phi) is 9.56. The standard InChI is InChI=1S/C29H23Cl2N3O6/c1-38-27-15-22(9-12-26(27)39-17-19-5-3-2-4-6-19)29(35)33-32-16-21-13-24(30)28(25(31)14-21)40-18-20-7-10-23(11-8-20)34(36)37/h2-16H,17-18H2,1H3,(H,33,35)/b32-16+. The molecule has 9 nitrogen and oxygen atoms in total. The summed E-state index contributed by atoms with van der Waals surface area (Å²) < 4.78 is 16.9. The second-order valence-corrected chi connectivity index (χ2v) is 9.18. The van der Waals surface area contributed by atoms with E-state index in [9.17, 15) is 14.9 Å². The lowest BCUT2D eigenvalue weighted by molar-refractivity contribution is -0.384. The summed E-state index contributed by atoms with van der Waals surface area (Å²) in [6, 6.07) is 23.6. The third kappa shape index (κ3) is 7.49. The SMILES string of the molecule is COc1cc(C(=O)N/N=C/c2cc(Cl)c(OCc3ccc([N+](=O)[O-])cc3)c(Cl)c2)ccc1OCc1ccccc1. The fraction of sp³-hybridized carbons (Fsp3) is 0.103. The molecule has 0 spiro atoms. The third-order valence-electron chi connectivity index (χ3n) is 5.59. The Labute approximate surface area is 240 Å². The number of rotatable bonds is 11. The molecule has 0 radical (unpaired) electrons. The number of nitro groups is 1. The van der Waals surface area contributed by atoms with Crippen LogP contribution in [-0.2, 0) is 13.2 Å². The van der Waals surface area contributed by atoms with Crippen molar-refractivity contribution in [1.29, 1.82) is 0 Å². The van der Waals surface area contributed by atoms with Gasteiger partial charge in [-0.2, -0.15) is 5.10 Å². The summed E-state index contributed by atoms with van der Waals surface area (Å²) in [5.74, 6) is 0.718. The molecule has 0 atom stereocenters. The van der Waals surface area contributed by atoms with Crippen LogP contribution in [-0.4, -0.2) is 24.2 Å². The fourth-order valence-corrected chi connectivity index (χ4v) is 4.17. The molecule has 40 heavy (non-hydrogen) atoms. The van der Waals surface area contributed by atoms with Crippen molar-refractivity contribution in [2.45, 2.75) is 13.2 Å². The van der Waals surface area contributed by atoms with Crippen molar-refractivity contribution in [2.75, 3.05) is 7.11 Å². The summed E-state index contributed by atoms with van der Waals surface area (Å²) in [5.41, 5.74) is 5.01. The van der Waals surface area contributed by atoms with Crippen molar-refractivity contribution in [3.8, 4) is 17.2 Å². The van der Waals surface area contributed by atoms with Crippen LogP contribution in [0.15, 0.2) is 90.0 Å². The van der Waals surface area contributed by atoms with Crippen LogP contribution in [0.25, 0.3) is 0 Å². The number of nitrogens with one attached hydrogen (secondary N) is 1. The molecule has 0 unspecified atom stereocenters. The number of halogens is 2. The van der Waals surface area contributed by atoms with Crippen molar-refractivity contribution in [1.82, 2.24) is 5.43 Å². The Hall–Kier alpha value is -4.60. The van der Waals surface area contributed by atoms with Crippen LogP contribution in [0.4, 0.5) is 5.69 Å². The van der Waals surface area contributed by atoms with E-state index < -0.39 is 10.8 Å². The van der Waals surface area contributed by atoms with Gasteiger partial charge in [0.25, 0.3) is 11.6 Å². The van der Waals surface area contributed by atoms with E-state index in [2.05, 4.69) is 10.5 Å². The highest BCUT2D eigenvalue weighted by Gasteiger charge is 2.13. The highest BCUT2D eigenvalue weighted by atomic mass is 35.5. The largest absolute Gasteiger partial charge is 0.493 e. The van der Waals surface area contributed by atoms with Gasteiger partial charge in [-0.1, -0.05) is 53.5 Å². The number of methoxy groups -OCH3 is 1. The first-order valence-corrected chi connectivity index (χ1v) is 12.6. The Morgan fingerprint density at radius 3 is 2.20 bits per heavy atom. The minimum absolute atomic E-state index is 0.0143. The summed E-state index contributed by atoms with van der Waals surface area (Å²) in [7, 11) is 1.50. The van der Waals surface area contributed by atoms with Gasteiger partial charge in [-0.05, 0) is 59.2 Å². The summed E-state index contributed by atoms with van der Waals surface area (Å²) >= 11 is 12.7. The summed E-state index contributed by atoms with van der Waals surface area (Å²) in [4.78, 5) is 22.9. The second-order valence-electron chi connectivity index (χ2n) is 8.36. The number of benzene rings is 4. The van der Waals surface area contributed by atoms with Crippen molar-refractivity contribution in [2.24, 2.45) is 5.10 Å². The van der Waals surface area contributed by atoms with E-state index in [1.165, 1.54) is 25.5 Å². The molecular formula is C29H23Cl2N3O6. The summed E-state index contributed by atoms with van der Waals surface area (Å²) in [6.45, 7) is 0.472. The average Bonchev–Trinajstić information content (AvgIpc) is 2.96.